The summed E-state index contributed by atoms with van der Waals surface area (Å²) in [5, 5.41) is 18.7. The third-order valence-corrected chi connectivity index (χ3v) is 3.35. The number of phenols is 1. The molecule has 0 radical (unpaired) electrons. The zero-order chi connectivity index (χ0) is 15.4. The minimum atomic E-state index is -1.09. The van der Waals surface area contributed by atoms with Gasteiger partial charge in [0.2, 0.25) is 0 Å². The smallest absolute Gasteiger partial charge is 0.328 e. The van der Waals surface area contributed by atoms with Gasteiger partial charge in [0.15, 0.2) is 6.04 Å². The number of urea groups is 1. The summed E-state index contributed by atoms with van der Waals surface area (Å²) < 4.78 is 5.13. The number of amides is 2. The van der Waals surface area contributed by atoms with E-state index in [1.807, 2.05) is 0 Å². The molecule has 1 saturated heterocycles. The van der Waals surface area contributed by atoms with E-state index in [4.69, 9.17) is 4.74 Å². The van der Waals surface area contributed by atoms with Crippen molar-refractivity contribution in [2.45, 2.75) is 13.0 Å². The van der Waals surface area contributed by atoms with E-state index < -0.39 is 18.0 Å². The summed E-state index contributed by atoms with van der Waals surface area (Å²) in [6.07, 6.45) is 0. The third kappa shape index (κ3) is 3.25. The van der Waals surface area contributed by atoms with Gasteiger partial charge in [-0.15, -0.1) is 0 Å². The van der Waals surface area contributed by atoms with Crippen molar-refractivity contribution in [2.75, 3.05) is 31.2 Å². The topological polar surface area (TPSA) is 90.3 Å². The number of hydrogen-bond donors (Lipinski definition) is 2. The Kier molecular flexibility index (Phi) is 4.64. The Morgan fingerprint density at radius 3 is 2.86 bits per heavy atom. The average molecular weight is 294 g/mol. The molecule has 1 atom stereocenters. The van der Waals surface area contributed by atoms with E-state index in [9.17, 15) is 19.8 Å². The highest BCUT2D eigenvalue weighted by atomic mass is 16.5. The van der Waals surface area contributed by atoms with Gasteiger partial charge in [-0.1, -0.05) is 6.07 Å². The highest BCUT2D eigenvalue weighted by Gasteiger charge is 2.35. The van der Waals surface area contributed by atoms with E-state index in [1.165, 1.54) is 21.9 Å². The van der Waals surface area contributed by atoms with Crippen molar-refractivity contribution in [3.8, 4) is 5.75 Å². The lowest BCUT2D eigenvalue weighted by atomic mass is 10.2. The molecule has 2 amide bonds. The van der Waals surface area contributed by atoms with Gasteiger partial charge in [-0.05, 0) is 19.1 Å². The largest absolute Gasteiger partial charge is 0.508 e. The molecule has 2 rings (SSSR count). The van der Waals surface area contributed by atoms with Crippen LogP contribution in [0.25, 0.3) is 0 Å². The lowest BCUT2D eigenvalue weighted by Gasteiger charge is -2.36. The molecular formula is C14H18N2O5. The molecule has 0 saturated carbocycles. The Labute approximate surface area is 122 Å². The first kappa shape index (κ1) is 15.1. The number of hydrogen-bond acceptors (Lipinski definition) is 4. The molecule has 0 aromatic heterocycles. The normalized spacial score (nSPS) is 18.3. The second-order valence-corrected chi connectivity index (χ2v) is 4.67. The van der Waals surface area contributed by atoms with Gasteiger partial charge in [0.25, 0.3) is 0 Å². The Hall–Kier alpha value is -2.28. The highest BCUT2D eigenvalue weighted by Crippen LogP contribution is 2.22. The van der Waals surface area contributed by atoms with Crippen molar-refractivity contribution in [3.63, 3.8) is 0 Å². The lowest BCUT2D eigenvalue weighted by Crippen LogP contribution is -2.56. The van der Waals surface area contributed by atoms with Crippen LogP contribution in [0.15, 0.2) is 24.3 Å². The summed E-state index contributed by atoms with van der Waals surface area (Å²) in [5.41, 5.74) is 0.526. The van der Waals surface area contributed by atoms with Gasteiger partial charge in [-0.3, -0.25) is 4.90 Å². The molecule has 1 aromatic rings. The maximum Gasteiger partial charge on any atom is 0.328 e. The van der Waals surface area contributed by atoms with Crippen molar-refractivity contribution in [1.29, 1.82) is 0 Å². The number of carbonyl (C=O) groups excluding carboxylic acids is 1. The number of morpholine rings is 1. The van der Waals surface area contributed by atoms with Crippen molar-refractivity contribution < 1.29 is 24.5 Å². The van der Waals surface area contributed by atoms with Gasteiger partial charge in [0, 0.05) is 24.8 Å². The van der Waals surface area contributed by atoms with Crippen LogP contribution in [0, 0.1) is 0 Å². The Morgan fingerprint density at radius 1 is 1.48 bits per heavy atom. The molecule has 0 aliphatic carbocycles. The summed E-state index contributed by atoms with van der Waals surface area (Å²) in [6, 6.07) is 4.91. The summed E-state index contributed by atoms with van der Waals surface area (Å²) in [6.45, 7) is 2.68. The number of carboxylic acids is 1. The van der Waals surface area contributed by atoms with Gasteiger partial charge in [-0.2, -0.15) is 0 Å². The number of ether oxygens (including phenoxy) is 1. The maximum atomic E-state index is 12.6. The summed E-state index contributed by atoms with van der Waals surface area (Å²) >= 11 is 0. The summed E-state index contributed by atoms with van der Waals surface area (Å²) in [5.74, 6) is -1.04. The van der Waals surface area contributed by atoms with Crippen LogP contribution in [0.4, 0.5) is 10.5 Å². The van der Waals surface area contributed by atoms with Crippen LogP contribution < -0.4 is 4.90 Å². The number of phenolic OH excluding ortho intramolecular Hbond substituents is 1. The predicted molar refractivity (Wildman–Crippen MR) is 75.5 cm³/mol. The molecule has 7 nitrogen and oxygen atoms in total. The zero-order valence-corrected chi connectivity index (χ0v) is 11.7. The molecule has 114 valence electrons. The van der Waals surface area contributed by atoms with E-state index in [-0.39, 0.29) is 18.9 Å². The molecule has 7 heteroatoms. The van der Waals surface area contributed by atoms with Crippen LogP contribution in [-0.2, 0) is 9.53 Å². The monoisotopic (exact) mass is 294 g/mol. The standard InChI is InChI=1S/C14H18N2O5/c1-2-15(10-4-3-5-11(17)8-10)14(20)16-6-7-21-9-12(16)13(18)19/h3-5,8,12,17H,2,6-7,9H2,1H3,(H,18,19). The van der Waals surface area contributed by atoms with Gasteiger partial charge in [-0.25, -0.2) is 9.59 Å². The molecule has 0 spiro atoms. The molecule has 0 bridgehead atoms. The fourth-order valence-corrected chi connectivity index (χ4v) is 2.28. The third-order valence-electron chi connectivity index (χ3n) is 3.35. The van der Waals surface area contributed by atoms with Crippen LogP contribution in [0.3, 0.4) is 0 Å². The van der Waals surface area contributed by atoms with Crippen LogP contribution in [-0.4, -0.2) is 59.5 Å². The number of nitrogens with zero attached hydrogens (tertiary/aromatic N) is 2. The molecule has 1 fully saturated rings. The number of carboxylic acid groups (broad SMARTS) is 1. The molecule has 2 N–H and O–H groups in total. The van der Waals surface area contributed by atoms with E-state index in [2.05, 4.69) is 0 Å². The first-order valence-electron chi connectivity index (χ1n) is 6.72. The second kappa shape index (κ2) is 6.45. The fourth-order valence-electron chi connectivity index (χ4n) is 2.28. The van der Waals surface area contributed by atoms with Crippen LogP contribution in [0.5, 0.6) is 5.75 Å². The van der Waals surface area contributed by atoms with Gasteiger partial charge >= 0.3 is 12.0 Å². The Morgan fingerprint density at radius 2 is 2.24 bits per heavy atom. The van der Waals surface area contributed by atoms with Gasteiger partial charge in [0.05, 0.1) is 13.2 Å². The SMILES string of the molecule is CCN(C(=O)N1CCOCC1C(=O)O)c1cccc(O)c1. The highest BCUT2D eigenvalue weighted by molar-refractivity contribution is 5.94. The summed E-state index contributed by atoms with van der Waals surface area (Å²) in [7, 11) is 0. The molecule has 1 aliphatic rings. The lowest BCUT2D eigenvalue weighted by molar-refractivity contribution is -0.147. The van der Waals surface area contributed by atoms with E-state index in [1.54, 1.807) is 19.1 Å². The van der Waals surface area contributed by atoms with E-state index >= 15 is 0 Å². The second-order valence-electron chi connectivity index (χ2n) is 4.67. The molecule has 21 heavy (non-hydrogen) atoms. The Balaban J connectivity index is 2.24. The number of benzene rings is 1. The van der Waals surface area contributed by atoms with Crippen molar-refractivity contribution in [1.82, 2.24) is 4.90 Å². The average Bonchev–Trinajstić information content (AvgIpc) is 2.48. The number of anilines is 1. The molecule has 1 aromatic carbocycles. The number of aromatic hydroxyl groups is 1. The van der Waals surface area contributed by atoms with Crippen LogP contribution in [0.2, 0.25) is 0 Å². The zero-order valence-electron chi connectivity index (χ0n) is 11.7. The quantitative estimate of drug-likeness (QED) is 0.872. The van der Waals surface area contributed by atoms with E-state index in [0.717, 1.165) is 0 Å². The maximum absolute atomic E-state index is 12.6. The van der Waals surface area contributed by atoms with Crippen molar-refractivity contribution in [3.05, 3.63) is 24.3 Å². The first-order chi connectivity index (χ1) is 10.0. The number of rotatable bonds is 3. The van der Waals surface area contributed by atoms with Gasteiger partial charge < -0.3 is 19.8 Å². The molecular weight excluding hydrogens is 276 g/mol. The van der Waals surface area contributed by atoms with Crippen molar-refractivity contribution >= 4 is 17.7 Å². The molecule has 1 unspecified atom stereocenters. The van der Waals surface area contributed by atoms with Crippen LogP contribution in [0.1, 0.15) is 6.92 Å². The molecule has 1 aliphatic heterocycles. The van der Waals surface area contributed by atoms with E-state index in [0.29, 0.717) is 18.8 Å². The van der Waals surface area contributed by atoms with Crippen LogP contribution >= 0.6 is 0 Å². The van der Waals surface area contributed by atoms with Crippen molar-refractivity contribution in [2.24, 2.45) is 0 Å². The fraction of sp³-hybridized carbons (Fsp3) is 0.429. The molecule has 1 heterocycles. The minimum absolute atomic E-state index is 0.0152. The van der Waals surface area contributed by atoms with Gasteiger partial charge in [0.1, 0.15) is 5.75 Å². The summed E-state index contributed by atoms with van der Waals surface area (Å²) in [4.78, 5) is 26.6. The number of aliphatic carboxylic acids is 1. The minimum Gasteiger partial charge on any atom is -0.508 e. The first-order valence-corrected chi connectivity index (χ1v) is 6.72. The predicted octanol–water partition coefficient (Wildman–Crippen LogP) is 1.12. The number of carbonyl (C=O) groups is 2. The Bertz CT molecular complexity index is 534.